The Balaban J connectivity index is 1.33. The van der Waals surface area contributed by atoms with Crippen LogP contribution >= 0.6 is 11.3 Å². The van der Waals surface area contributed by atoms with Gasteiger partial charge in [-0.2, -0.15) is 0 Å². The minimum Gasteiger partial charge on any atom is -0.335 e. The SMILES string of the molecule is CC(c1nc2ccccc2s1)N(C)C(=O)NC1CCC(c2ccccc2)CC1. The zero-order valence-corrected chi connectivity index (χ0v) is 17.3. The summed E-state index contributed by atoms with van der Waals surface area (Å²) in [5, 5.41) is 4.22. The van der Waals surface area contributed by atoms with Crippen LogP contribution in [0.3, 0.4) is 0 Å². The quantitative estimate of drug-likeness (QED) is 0.616. The number of carbonyl (C=O) groups excluding carboxylic acids is 1. The zero-order chi connectivity index (χ0) is 19.5. The smallest absolute Gasteiger partial charge is 0.317 e. The van der Waals surface area contributed by atoms with Crippen molar-refractivity contribution in [3.05, 3.63) is 65.2 Å². The number of hydrogen-bond donors (Lipinski definition) is 1. The standard InChI is InChI=1S/C23H27N3OS/c1-16(22-25-20-10-6-7-11-21(20)28-22)26(2)23(27)24-19-14-12-18(13-15-19)17-8-4-3-5-9-17/h3-11,16,18-19H,12-15H2,1-2H3,(H,24,27). The Morgan fingerprint density at radius 2 is 1.75 bits per heavy atom. The second kappa shape index (κ2) is 8.31. The molecule has 1 N–H and O–H groups in total. The van der Waals surface area contributed by atoms with Crippen LogP contribution in [0.4, 0.5) is 4.79 Å². The van der Waals surface area contributed by atoms with Gasteiger partial charge in [-0.25, -0.2) is 9.78 Å². The van der Waals surface area contributed by atoms with Gasteiger partial charge in [0.15, 0.2) is 0 Å². The summed E-state index contributed by atoms with van der Waals surface area (Å²) in [5.41, 5.74) is 2.43. The molecule has 1 atom stereocenters. The second-order valence-corrected chi connectivity index (χ2v) is 8.78. The predicted molar refractivity (Wildman–Crippen MR) is 116 cm³/mol. The van der Waals surface area contributed by atoms with Crippen molar-refractivity contribution in [1.29, 1.82) is 0 Å². The predicted octanol–water partition coefficient (Wildman–Crippen LogP) is 5.73. The van der Waals surface area contributed by atoms with Crippen molar-refractivity contribution in [1.82, 2.24) is 15.2 Å². The Hall–Kier alpha value is -2.40. The van der Waals surface area contributed by atoms with Gasteiger partial charge < -0.3 is 10.2 Å². The van der Waals surface area contributed by atoms with Crippen LogP contribution < -0.4 is 5.32 Å². The third kappa shape index (κ3) is 4.04. The fourth-order valence-electron chi connectivity index (χ4n) is 3.98. The monoisotopic (exact) mass is 393 g/mol. The number of hydrogen-bond acceptors (Lipinski definition) is 3. The number of para-hydroxylation sites is 1. The number of fused-ring (bicyclic) bond motifs is 1. The lowest BCUT2D eigenvalue weighted by Gasteiger charge is -2.32. The highest BCUT2D eigenvalue weighted by Gasteiger charge is 2.26. The highest BCUT2D eigenvalue weighted by Crippen LogP contribution is 2.33. The molecule has 2 amide bonds. The molecule has 0 bridgehead atoms. The molecule has 0 radical (unpaired) electrons. The number of amides is 2. The van der Waals surface area contributed by atoms with Gasteiger partial charge in [0.2, 0.25) is 0 Å². The van der Waals surface area contributed by atoms with Crippen molar-refractivity contribution in [3.63, 3.8) is 0 Å². The molecular weight excluding hydrogens is 366 g/mol. The molecule has 1 saturated carbocycles. The average molecular weight is 394 g/mol. The van der Waals surface area contributed by atoms with Crippen molar-refractivity contribution in [2.24, 2.45) is 0 Å². The van der Waals surface area contributed by atoms with E-state index >= 15 is 0 Å². The first-order valence-corrected chi connectivity index (χ1v) is 10.9. The second-order valence-electron chi connectivity index (χ2n) is 7.72. The van der Waals surface area contributed by atoms with Crippen LogP contribution in [-0.2, 0) is 0 Å². The molecule has 1 aliphatic rings. The largest absolute Gasteiger partial charge is 0.335 e. The molecule has 4 rings (SSSR count). The fourth-order valence-corrected chi connectivity index (χ4v) is 5.05. The van der Waals surface area contributed by atoms with E-state index in [0.717, 1.165) is 40.9 Å². The van der Waals surface area contributed by atoms with Crippen molar-refractivity contribution in [2.75, 3.05) is 7.05 Å². The van der Waals surface area contributed by atoms with Crippen LogP contribution in [0.15, 0.2) is 54.6 Å². The van der Waals surface area contributed by atoms with Gasteiger partial charge in [-0.05, 0) is 56.2 Å². The number of nitrogens with zero attached hydrogens (tertiary/aromatic N) is 2. The van der Waals surface area contributed by atoms with E-state index in [0.29, 0.717) is 5.92 Å². The van der Waals surface area contributed by atoms with Gasteiger partial charge in [0.1, 0.15) is 5.01 Å². The summed E-state index contributed by atoms with van der Waals surface area (Å²) >= 11 is 1.66. The molecule has 1 aliphatic carbocycles. The lowest BCUT2D eigenvalue weighted by molar-refractivity contribution is 0.185. The zero-order valence-electron chi connectivity index (χ0n) is 16.5. The summed E-state index contributed by atoms with van der Waals surface area (Å²) in [7, 11) is 1.86. The number of benzene rings is 2. The Bertz CT molecular complexity index is 898. The number of nitrogens with one attached hydrogen (secondary N) is 1. The van der Waals surface area contributed by atoms with Crippen LogP contribution in [-0.4, -0.2) is 29.0 Å². The normalized spacial score (nSPS) is 20.6. The van der Waals surface area contributed by atoms with Crippen LogP contribution in [0.5, 0.6) is 0 Å². The molecule has 4 nitrogen and oxygen atoms in total. The van der Waals surface area contributed by atoms with Gasteiger partial charge in [0, 0.05) is 13.1 Å². The summed E-state index contributed by atoms with van der Waals surface area (Å²) in [4.78, 5) is 19.3. The molecule has 0 spiro atoms. The fraction of sp³-hybridized carbons (Fsp3) is 0.391. The highest BCUT2D eigenvalue weighted by molar-refractivity contribution is 7.18. The number of aromatic nitrogens is 1. The molecule has 146 valence electrons. The molecule has 1 aromatic heterocycles. The molecule has 2 aromatic carbocycles. The maximum Gasteiger partial charge on any atom is 0.317 e. The molecule has 5 heteroatoms. The summed E-state index contributed by atoms with van der Waals surface area (Å²) in [6.07, 6.45) is 4.33. The van der Waals surface area contributed by atoms with E-state index in [-0.39, 0.29) is 18.1 Å². The van der Waals surface area contributed by atoms with Crippen LogP contribution in [0.1, 0.15) is 55.1 Å². The van der Waals surface area contributed by atoms with Crippen molar-refractivity contribution in [2.45, 2.75) is 50.6 Å². The van der Waals surface area contributed by atoms with E-state index in [4.69, 9.17) is 4.98 Å². The first-order valence-electron chi connectivity index (χ1n) is 10.1. The van der Waals surface area contributed by atoms with E-state index in [2.05, 4.69) is 41.7 Å². The number of thiazole rings is 1. The highest BCUT2D eigenvalue weighted by atomic mass is 32.1. The van der Waals surface area contributed by atoms with Crippen molar-refractivity contribution in [3.8, 4) is 0 Å². The van der Waals surface area contributed by atoms with Gasteiger partial charge in [0.25, 0.3) is 0 Å². The molecular formula is C23H27N3OS. The van der Waals surface area contributed by atoms with E-state index in [1.165, 1.54) is 5.56 Å². The Kier molecular flexibility index (Phi) is 5.62. The molecule has 0 aliphatic heterocycles. The number of urea groups is 1. The van der Waals surface area contributed by atoms with Crippen molar-refractivity contribution < 1.29 is 4.79 Å². The lowest BCUT2D eigenvalue weighted by atomic mass is 9.82. The summed E-state index contributed by atoms with van der Waals surface area (Å²) < 4.78 is 1.16. The van der Waals surface area contributed by atoms with Gasteiger partial charge in [-0.3, -0.25) is 0 Å². The topological polar surface area (TPSA) is 45.2 Å². The minimum atomic E-state index is -0.0435. The van der Waals surface area contributed by atoms with E-state index in [9.17, 15) is 4.79 Å². The van der Waals surface area contributed by atoms with Crippen LogP contribution in [0, 0.1) is 0 Å². The maximum absolute atomic E-state index is 12.8. The molecule has 1 heterocycles. The van der Waals surface area contributed by atoms with Gasteiger partial charge in [0.05, 0.1) is 16.3 Å². The molecule has 1 fully saturated rings. The Labute approximate surface area is 170 Å². The number of rotatable bonds is 4. The van der Waals surface area contributed by atoms with Crippen LogP contribution in [0.25, 0.3) is 10.2 Å². The molecule has 3 aromatic rings. The van der Waals surface area contributed by atoms with E-state index in [1.54, 1.807) is 16.2 Å². The Morgan fingerprint density at radius 3 is 2.46 bits per heavy atom. The summed E-state index contributed by atoms with van der Waals surface area (Å²) in [6, 6.07) is 19.1. The lowest BCUT2D eigenvalue weighted by Crippen LogP contribution is -2.45. The minimum absolute atomic E-state index is 0.00471. The van der Waals surface area contributed by atoms with Gasteiger partial charge >= 0.3 is 6.03 Å². The van der Waals surface area contributed by atoms with Gasteiger partial charge in [-0.15, -0.1) is 11.3 Å². The third-order valence-electron chi connectivity index (χ3n) is 5.89. The first-order chi connectivity index (χ1) is 13.6. The summed E-state index contributed by atoms with van der Waals surface area (Å²) in [5.74, 6) is 0.619. The van der Waals surface area contributed by atoms with Crippen LogP contribution in [0.2, 0.25) is 0 Å². The average Bonchev–Trinajstić information content (AvgIpc) is 3.18. The van der Waals surface area contributed by atoms with Crippen molar-refractivity contribution >= 4 is 27.6 Å². The summed E-state index contributed by atoms with van der Waals surface area (Å²) in [6.45, 7) is 2.05. The first kappa shape index (κ1) is 18.9. The molecule has 0 saturated heterocycles. The number of carbonyl (C=O) groups is 1. The molecule has 1 unspecified atom stereocenters. The van der Waals surface area contributed by atoms with E-state index in [1.807, 2.05) is 32.2 Å². The molecule has 28 heavy (non-hydrogen) atoms. The maximum atomic E-state index is 12.8. The van der Waals surface area contributed by atoms with Gasteiger partial charge in [-0.1, -0.05) is 42.5 Å². The third-order valence-corrected chi connectivity index (χ3v) is 7.10. The Morgan fingerprint density at radius 1 is 1.07 bits per heavy atom. The van der Waals surface area contributed by atoms with E-state index < -0.39 is 0 Å².